The molecule has 0 aliphatic carbocycles. The third-order valence-electron chi connectivity index (χ3n) is 1.89. The zero-order valence-corrected chi connectivity index (χ0v) is 11.7. The van der Waals surface area contributed by atoms with Gasteiger partial charge in [-0.1, -0.05) is 0 Å². The van der Waals surface area contributed by atoms with E-state index < -0.39 is 45.7 Å². The van der Waals surface area contributed by atoms with Crippen LogP contribution in [-0.4, -0.2) is 54.3 Å². The fourth-order valence-electron chi connectivity index (χ4n) is 1.34. The summed E-state index contributed by atoms with van der Waals surface area (Å²) >= 11 is 0. The smallest absolute Gasteiger partial charge is 0.286 e. The number of nitrogens with two attached hydrogens (primary N) is 1. The SMILES string of the molecule is CC(C)(N)C(C(S(=O)(=O)O)S(=O)(=O)O)S(=O)(=O)O. The van der Waals surface area contributed by atoms with Gasteiger partial charge in [0.05, 0.1) is 0 Å². The minimum atomic E-state index is -5.55. The summed E-state index contributed by atoms with van der Waals surface area (Å²) in [5, 5.41) is -2.67. The largest absolute Gasteiger partial charge is 0.324 e. The Morgan fingerprint density at radius 2 is 1.11 bits per heavy atom. The van der Waals surface area contributed by atoms with E-state index in [2.05, 4.69) is 0 Å². The number of rotatable bonds is 5. The summed E-state index contributed by atoms with van der Waals surface area (Å²) in [6.45, 7) is 1.80. The van der Waals surface area contributed by atoms with Gasteiger partial charge < -0.3 is 5.73 Å². The molecule has 1 unspecified atom stereocenters. The molecule has 0 spiro atoms. The van der Waals surface area contributed by atoms with Crippen LogP contribution in [0.15, 0.2) is 0 Å². The van der Waals surface area contributed by atoms with Gasteiger partial charge in [0.25, 0.3) is 30.4 Å². The molecule has 0 amide bonds. The predicted molar refractivity (Wildman–Crippen MR) is 60.5 cm³/mol. The second-order valence-electron chi connectivity index (χ2n) is 4.16. The van der Waals surface area contributed by atoms with Gasteiger partial charge in [0, 0.05) is 5.54 Å². The van der Waals surface area contributed by atoms with Crippen molar-refractivity contribution in [2.24, 2.45) is 5.73 Å². The van der Waals surface area contributed by atoms with E-state index in [-0.39, 0.29) is 0 Å². The van der Waals surface area contributed by atoms with E-state index in [1.54, 1.807) is 0 Å². The molecule has 0 saturated carbocycles. The van der Waals surface area contributed by atoms with Gasteiger partial charge in [0.15, 0.2) is 0 Å². The van der Waals surface area contributed by atoms with Crippen LogP contribution in [0.3, 0.4) is 0 Å². The van der Waals surface area contributed by atoms with Gasteiger partial charge >= 0.3 is 0 Å². The van der Waals surface area contributed by atoms with Gasteiger partial charge in [0.2, 0.25) is 4.58 Å². The van der Waals surface area contributed by atoms with Crippen LogP contribution < -0.4 is 5.73 Å². The van der Waals surface area contributed by atoms with Gasteiger partial charge in [-0.05, 0) is 13.8 Å². The Kier molecular flexibility index (Phi) is 4.58. The quantitative estimate of drug-likeness (QED) is 0.414. The van der Waals surface area contributed by atoms with E-state index in [9.17, 15) is 25.3 Å². The molecule has 5 N–H and O–H groups in total. The highest BCUT2D eigenvalue weighted by Crippen LogP contribution is 2.25. The molecular weight excluding hydrogens is 314 g/mol. The van der Waals surface area contributed by atoms with Crippen LogP contribution in [-0.2, 0) is 30.4 Å². The van der Waals surface area contributed by atoms with Crippen LogP contribution in [0, 0.1) is 0 Å². The number of hydrogen-bond acceptors (Lipinski definition) is 7. The van der Waals surface area contributed by atoms with Crippen molar-refractivity contribution >= 4 is 30.4 Å². The van der Waals surface area contributed by atoms with Crippen molar-refractivity contribution in [2.75, 3.05) is 0 Å². The van der Waals surface area contributed by atoms with Crippen molar-refractivity contribution < 1.29 is 38.9 Å². The summed E-state index contributed by atoms with van der Waals surface area (Å²) in [4.78, 5) is 0. The topological polar surface area (TPSA) is 189 Å². The molecule has 0 aromatic rings. The molecule has 18 heavy (non-hydrogen) atoms. The molecule has 0 fully saturated rings. The highest BCUT2D eigenvalue weighted by molar-refractivity contribution is 8.05. The molecule has 0 bridgehead atoms. The van der Waals surface area contributed by atoms with E-state index in [1.165, 1.54) is 0 Å². The van der Waals surface area contributed by atoms with Crippen molar-refractivity contribution in [1.29, 1.82) is 0 Å². The van der Waals surface area contributed by atoms with Crippen molar-refractivity contribution in [1.82, 2.24) is 0 Å². The maximum absolute atomic E-state index is 11.0. The molecule has 0 rings (SSSR count). The third-order valence-corrected chi connectivity index (χ3v) is 6.93. The molecule has 0 aliphatic rings. The van der Waals surface area contributed by atoms with Gasteiger partial charge in [-0.3, -0.25) is 13.7 Å². The first-order chi connectivity index (χ1) is 7.49. The van der Waals surface area contributed by atoms with E-state index in [0.717, 1.165) is 13.8 Å². The standard InChI is InChI=1S/C5H13NO9S3/c1-5(2,6)3(16(7,8)9)4(17(10,11)12)18(13,14)15/h3-4H,6H2,1-2H3,(H,7,8,9)(H,10,11,12)(H,13,14,15). The van der Waals surface area contributed by atoms with Crippen LogP contribution in [0.1, 0.15) is 13.8 Å². The van der Waals surface area contributed by atoms with E-state index in [4.69, 9.17) is 19.4 Å². The first kappa shape index (κ1) is 17.7. The fourth-order valence-corrected chi connectivity index (χ4v) is 6.63. The maximum atomic E-state index is 11.0. The Bertz CT molecular complexity index is 576. The molecular formula is C5H13NO9S3. The number of hydrogen-bond donors (Lipinski definition) is 4. The lowest BCUT2D eigenvalue weighted by atomic mass is 10.0. The Labute approximate surface area is 104 Å². The van der Waals surface area contributed by atoms with Crippen molar-refractivity contribution in [2.45, 2.75) is 29.2 Å². The van der Waals surface area contributed by atoms with Crippen LogP contribution in [0.25, 0.3) is 0 Å². The van der Waals surface area contributed by atoms with Crippen LogP contribution in [0.5, 0.6) is 0 Å². The summed E-state index contributed by atoms with van der Waals surface area (Å²) < 4.78 is 88.7. The molecule has 0 aromatic heterocycles. The molecule has 1 atom stereocenters. The van der Waals surface area contributed by atoms with Gasteiger partial charge in [0.1, 0.15) is 5.25 Å². The minimum Gasteiger partial charge on any atom is -0.324 e. The Hall–Kier alpha value is -0.310. The van der Waals surface area contributed by atoms with Gasteiger partial charge in [-0.2, -0.15) is 25.3 Å². The second-order valence-corrected chi connectivity index (χ2v) is 9.07. The Morgan fingerprint density at radius 3 is 1.17 bits per heavy atom. The molecule has 10 nitrogen and oxygen atoms in total. The summed E-state index contributed by atoms with van der Waals surface area (Å²) in [6.07, 6.45) is 0. The first-order valence-electron chi connectivity index (χ1n) is 4.17. The monoisotopic (exact) mass is 327 g/mol. The zero-order valence-electron chi connectivity index (χ0n) is 9.25. The normalized spacial score (nSPS) is 16.8. The van der Waals surface area contributed by atoms with Crippen LogP contribution >= 0.6 is 0 Å². The average Bonchev–Trinajstić information content (AvgIpc) is 1.89. The zero-order chi connectivity index (χ0) is 15.2. The lowest BCUT2D eigenvalue weighted by Crippen LogP contribution is -2.59. The summed E-state index contributed by atoms with van der Waals surface area (Å²) in [5.41, 5.74) is 3.19. The highest BCUT2D eigenvalue weighted by atomic mass is 32.3. The van der Waals surface area contributed by atoms with Crippen LogP contribution in [0.4, 0.5) is 0 Å². The summed E-state index contributed by atoms with van der Waals surface area (Å²) in [6, 6.07) is 0. The van der Waals surface area contributed by atoms with Crippen molar-refractivity contribution in [3.63, 3.8) is 0 Å². The molecule has 0 saturated heterocycles. The molecule has 0 radical (unpaired) electrons. The average molecular weight is 327 g/mol. The van der Waals surface area contributed by atoms with Gasteiger partial charge in [-0.15, -0.1) is 0 Å². The predicted octanol–water partition coefficient (Wildman–Crippen LogP) is -1.92. The lowest BCUT2D eigenvalue weighted by Gasteiger charge is -2.30. The van der Waals surface area contributed by atoms with Crippen molar-refractivity contribution in [3.05, 3.63) is 0 Å². The summed E-state index contributed by atoms with van der Waals surface area (Å²) in [5.74, 6) is 0. The fraction of sp³-hybridized carbons (Fsp3) is 1.00. The molecule has 0 heterocycles. The van der Waals surface area contributed by atoms with Crippen LogP contribution in [0.2, 0.25) is 0 Å². The summed E-state index contributed by atoms with van der Waals surface area (Å²) in [7, 11) is -16.4. The van der Waals surface area contributed by atoms with E-state index >= 15 is 0 Å². The Morgan fingerprint density at radius 1 is 0.833 bits per heavy atom. The van der Waals surface area contributed by atoms with Gasteiger partial charge in [-0.25, -0.2) is 0 Å². The van der Waals surface area contributed by atoms with E-state index in [0.29, 0.717) is 0 Å². The third kappa shape index (κ3) is 4.42. The minimum absolute atomic E-state index is 0.898. The molecule has 13 heteroatoms. The molecule has 110 valence electrons. The maximum Gasteiger partial charge on any atom is 0.286 e. The first-order valence-corrected chi connectivity index (χ1v) is 8.68. The highest BCUT2D eigenvalue weighted by Gasteiger charge is 2.54. The van der Waals surface area contributed by atoms with Crippen molar-refractivity contribution in [3.8, 4) is 0 Å². The lowest BCUT2D eigenvalue weighted by molar-refractivity contribution is 0.388. The molecule has 0 aromatic carbocycles. The van der Waals surface area contributed by atoms with E-state index in [1.807, 2.05) is 0 Å². The Balaban J connectivity index is 6.38. The second kappa shape index (κ2) is 4.66. The molecule has 0 aliphatic heterocycles.